The minimum absolute atomic E-state index is 0.249. The molecule has 0 aliphatic carbocycles. The molecule has 0 saturated carbocycles. The summed E-state index contributed by atoms with van der Waals surface area (Å²) in [7, 11) is 0. The van der Waals surface area contributed by atoms with Gasteiger partial charge in [-0.1, -0.05) is 41.9 Å². The Balaban J connectivity index is 1.83. The number of hydrogen-bond donors (Lipinski definition) is 1. The molecule has 4 nitrogen and oxygen atoms in total. The predicted molar refractivity (Wildman–Crippen MR) is 94.8 cm³/mol. The van der Waals surface area contributed by atoms with Gasteiger partial charge in [0.05, 0.1) is 11.4 Å². The molecule has 0 aliphatic heterocycles. The first-order valence-corrected chi connectivity index (χ1v) is 8.03. The SMILES string of the molecule is N#C/C(=N\Nc1ccccc1)c1nc(-c2ccc(Cl)cc2)cs1. The number of halogens is 1. The van der Waals surface area contributed by atoms with E-state index >= 15 is 0 Å². The Labute approximate surface area is 142 Å². The molecule has 2 aromatic carbocycles. The molecule has 0 saturated heterocycles. The van der Waals surface area contributed by atoms with Gasteiger partial charge in [-0.05, 0) is 24.3 Å². The maximum atomic E-state index is 9.30. The Morgan fingerprint density at radius 2 is 1.87 bits per heavy atom. The fourth-order valence-electron chi connectivity index (χ4n) is 1.89. The van der Waals surface area contributed by atoms with Gasteiger partial charge in [0.25, 0.3) is 0 Å². The maximum absolute atomic E-state index is 9.30. The summed E-state index contributed by atoms with van der Waals surface area (Å²) in [4.78, 5) is 4.48. The third kappa shape index (κ3) is 3.75. The monoisotopic (exact) mass is 338 g/mol. The Morgan fingerprint density at radius 3 is 2.57 bits per heavy atom. The fraction of sp³-hybridized carbons (Fsp3) is 0. The lowest BCUT2D eigenvalue weighted by atomic mass is 10.2. The van der Waals surface area contributed by atoms with E-state index in [1.54, 1.807) is 0 Å². The lowest BCUT2D eigenvalue weighted by Gasteiger charge is -1.99. The summed E-state index contributed by atoms with van der Waals surface area (Å²) in [5.74, 6) is 0. The average molecular weight is 339 g/mol. The number of rotatable bonds is 4. The molecular formula is C17H11ClN4S. The third-order valence-corrected chi connectivity index (χ3v) is 4.12. The zero-order chi connectivity index (χ0) is 16.1. The maximum Gasteiger partial charge on any atom is 0.196 e. The van der Waals surface area contributed by atoms with Crippen molar-refractivity contribution in [3.05, 3.63) is 70.0 Å². The second-order valence-corrected chi connectivity index (χ2v) is 5.89. The van der Waals surface area contributed by atoms with Crippen molar-refractivity contribution in [3.8, 4) is 17.3 Å². The van der Waals surface area contributed by atoms with Gasteiger partial charge in [-0.3, -0.25) is 5.43 Å². The Morgan fingerprint density at radius 1 is 1.13 bits per heavy atom. The van der Waals surface area contributed by atoms with Gasteiger partial charge in [0.15, 0.2) is 10.7 Å². The van der Waals surface area contributed by atoms with Crippen molar-refractivity contribution in [3.63, 3.8) is 0 Å². The molecule has 3 aromatic rings. The highest BCUT2D eigenvalue weighted by Crippen LogP contribution is 2.24. The molecule has 0 spiro atoms. The first-order chi connectivity index (χ1) is 11.3. The van der Waals surface area contributed by atoms with E-state index < -0.39 is 0 Å². The van der Waals surface area contributed by atoms with Crippen LogP contribution in [-0.2, 0) is 0 Å². The molecule has 0 radical (unpaired) electrons. The van der Waals surface area contributed by atoms with E-state index in [0.717, 1.165) is 16.9 Å². The molecular weight excluding hydrogens is 328 g/mol. The number of thiazole rings is 1. The Bertz CT molecular complexity index is 864. The third-order valence-electron chi connectivity index (χ3n) is 3.02. The molecule has 1 aromatic heterocycles. The van der Waals surface area contributed by atoms with Crippen molar-refractivity contribution in [2.75, 3.05) is 5.43 Å². The predicted octanol–water partition coefficient (Wildman–Crippen LogP) is 4.80. The highest BCUT2D eigenvalue weighted by molar-refractivity contribution is 7.12. The summed E-state index contributed by atoms with van der Waals surface area (Å²) in [6.07, 6.45) is 0. The van der Waals surface area contributed by atoms with Crippen LogP contribution >= 0.6 is 22.9 Å². The van der Waals surface area contributed by atoms with Gasteiger partial charge in [-0.15, -0.1) is 11.3 Å². The van der Waals surface area contributed by atoms with Gasteiger partial charge >= 0.3 is 0 Å². The molecule has 6 heteroatoms. The molecule has 1 N–H and O–H groups in total. The number of para-hydroxylation sites is 1. The summed E-state index contributed by atoms with van der Waals surface area (Å²) < 4.78 is 0. The summed E-state index contributed by atoms with van der Waals surface area (Å²) in [6, 6.07) is 18.9. The number of benzene rings is 2. The Kier molecular flexibility index (Phi) is 4.67. The van der Waals surface area contributed by atoms with Crippen LogP contribution in [0, 0.1) is 11.3 Å². The van der Waals surface area contributed by atoms with Gasteiger partial charge in [0, 0.05) is 16.0 Å². The summed E-state index contributed by atoms with van der Waals surface area (Å²) in [5, 5.41) is 16.6. The standard InChI is InChI=1S/C17H11ClN4S/c18-13-8-6-12(7-9-13)16-11-23-17(20-16)15(10-19)22-21-14-4-2-1-3-5-14/h1-9,11,21H/b22-15+. The van der Waals surface area contributed by atoms with Gasteiger partial charge < -0.3 is 0 Å². The molecule has 0 atom stereocenters. The van der Waals surface area contributed by atoms with Gasteiger partial charge in [-0.2, -0.15) is 10.4 Å². The number of nitriles is 1. The lowest BCUT2D eigenvalue weighted by molar-refractivity contribution is 1.31. The van der Waals surface area contributed by atoms with E-state index in [0.29, 0.717) is 10.0 Å². The van der Waals surface area contributed by atoms with Crippen LogP contribution < -0.4 is 5.43 Å². The van der Waals surface area contributed by atoms with Crippen LogP contribution in [0.15, 0.2) is 65.1 Å². The molecule has 23 heavy (non-hydrogen) atoms. The van der Waals surface area contributed by atoms with E-state index in [1.165, 1.54) is 11.3 Å². The smallest absolute Gasteiger partial charge is 0.196 e. The minimum atomic E-state index is 0.249. The van der Waals surface area contributed by atoms with Crippen LogP contribution in [0.2, 0.25) is 5.02 Å². The highest BCUT2D eigenvalue weighted by Gasteiger charge is 2.10. The quantitative estimate of drug-likeness (QED) is 0.549. The first-order valence-electron chi connectivity index (χ1n) is 6.77. The van der Waals surface area contributed by atoms with E-state index in [4.69, 9.17) is 11.6 Å². The van der Waals surface area contributed by atoms with Gasteiger partial charge in [-0.25, -0.2) is 4.98 Å². The number of anilines is 1. The van der Waals surface area contributed by atoms with Crippen molar-refractivity contribution in [1.82, 2.24) is 4.98 Å². The highest BCUT2D eigenvalue weighted by atomic mass is 35.5. The van der Waals surface area contributed by atoms with Crippen molar-refractivity contribution in [2.24, 2.45) is 5.10 Å². The summed E-state index contributed by atoms with van der Waals surface area (Å²) in [6.45, 7) is 0. The number of aromatic nitrogens is 1. The van der Waals surface area contributed by atoms with E-state index in [9.17, 15) is 5.26 Å². The van der Waals surface area contributed by atoms with Crippen molar-refractivity contribution >= 4 is 34.3 Å². The van der Waals surface area contributed by atoms with Crippen LogP contribution in [0.4, 0.5) is 5.69 Å². The molecule has 0 aliphatic rings. The van der Waals surface area contributed by atoms with Crippen LogP contribution in [0.3, 0.4) is 0 Å². The number of nitrogens with one attached hydrogen (secondary N) is 1. The molecule has 0 amide bonds. The van der Waals surface area contributed by atoms with Crippen molar-refractivity contribution in [2.45, 2.75) is 0 Å². The normalized spacial score (nSPS) is 11.0. The van der Waals surface area contributed by atoms with E-state index in [-0.39, 0.29) is 5.71 Å². The molecule has 0 fully saturated rings. The Hall–Kier alpha value is -2.68. The average Bonchev–Trinajstić information content (AvgIpc) is 3.07. The summed E-state index contributed by atoms with van der Waals surface area (Å²) >= 11 is 7.27. The van der Waals surface area contributed by atoms with Crippen LogP contribution in [0.5, 0.6) is 0 Å². The second-order valence-electron chi connectivity index (χ2n) is 4.59. The fourth-order valence-corrected chi connectivity index (χ4v) is 2.78. The molecule has 0 bridgehead atoms. The topological polar surface area (TPSA) is 61.1 Å². The zero-order valence-electron chi connectivity index (χ0n) is 11.9. The first kappa shape index (κ1) is 15.2. The molecule has 1 heterocycles. The van der Waals surface area contributed by atoms with Gasteiger partial charge in [0.1, 0.15) is 6.07 Å². The van der Waals surface area contributed by atoms with Crippen LogP contribution in [0.1, 0.15) is 5.01 Å². The van der Waals surface area contributed by atoms with E-state index in [2.05, 4.69) is 21.6 Å². The lowest BCUT2D eigenvalue weighted by Crippen LogP contribution is -2.01. The zero-order valence-corrected chi connectivity index (χ0v) is 13.5. The minimum Gasteiger partial charge on any atom is -0.277 e. The summed E-state index contributed by atoms with van der Waals surface area (Å²) in [5.41, 5.74) is 5.67. The van der Waals surface area contributed by atoms with E-state index in [1.807, 2.05) is 60.0 Å². The second kappa shape index (κ2) is 7.05. The molecule has 3 rings (SSSR count). The number of hydrazone groups is 1. The number of nitrogens with zero attached hydrogens (tertiary/aromatic N) is 3. The van der Waals surface area contributed by atoms with Crippen molar-refractivity contribution in [1.29, 1.82) is 5.26 Å². The molecule has 0 unspecified atom stereocenters. The van der Waals surface area contributed by atoms with Gasteiger partial charge in [0.2, 0.25) is 0 Å². The van der Waals surface area contributed by atoms with Crippen LogP contribution in [0.25, 0.3) is 11.3 Å². The number of hydrogen-bond acceptors (Lipinski definition) is 5. The molecule has 112 valence electrons. The van der Waals surface area contributed by atoms with Crippen LogP contribution in [-0.4, -0.2) is 10.7 Å². The van der Waals surface area contributed by atoms with Crippen molar-refractivity contribution < 1.29 is 0 Å². The largest absolute Gasteiger partial charge is 0.277 e.